The first kappa shape index (κ1) is 6.94. The van der Waals surface area contributed by atoms with Crippen molar-refractivity contribution in [2.45, 2.75) is 0 Å². The molecule has 1 unspecified atom stereocenters. The normalized spacial score (nSPS) is 18.6. The minimum absolute atomic E-state index is 1.34. The molecule has 7 heavy (non-hydrogen) atoms. The summed E-state index contributed by atoms with van der Waals surface area (Å²) in [5.41, 5.74) is 0. The van der Waals surface area contributed by atoms with E-state index in [4.69, 9.17) is 0 Å². The maximum Gasteiger partial charge on any atom is 0.140 e. The second kappa shape index (κ2) is 2.30. The van der Waals surface area contributed by atoms with Gasteiger partial charge in [-0.15, -0.1) is 0 Å². The van der Waals surface area contributed by atoms with Crippen molar-refractivity contribution in [3.05, 3.63) is 0 Å². The van der Waals surface area contributed by atoms with Gasteiger partial charge in [-0.3, -0.25) is 4.18 Å². The molecule has 3 nitrogen and oxygen atoms in total. The van der Waals surface area contributed by atoms with E-state index in [-0.39, 0.29) is 0 Å². The van der Waals surface area contributed by atoms with Crippen molar-refractivity contribution in [3.8, 4) is 0 Å². The van der Waals surface area contributed by atoms with Gasteiger partial charge in [0.05, 0.1) is 7.11 Å². The summed E-state index contributed by atoms with van der Waals surface area (Å²) in [6, 6.07) is 0. The number of hydrogen-bond donors (Lipinski definition) is 1. The molecular weight excluding hydrogens is 114 g/mol. The topological polar surface area (TPSA) is 38.3 Å². The Hall–Kier alpha value is -0.0600. The predicted octanol–water partition coefficient (Wildman–Crippen LogP) is -0.601. The van der Waals surface area contributed by atoms with E-state index in [1.54, 1.807) is 0 Å². The van der Waals surface area contributed by atoms with E-state index in [9.17, 15) is 4.21 Å². The van der Waals surface area contributed by atoms with Crippen LogP contribution < -0.4 is 4.72 Å². The molecule has 0 aliphatic heterocycles. The Morgan fingerprint density at radius 3 is 2.29 bits per heavy atom. The lowest BCUT2D eigenvalue weighted by Crippen LogP contribution is -2.18. The van der Waals surface area contributed by atoms with Crippen LogP contribution in [0.3, 0.4) is 0 Å². The second-order valence-electron chi connectivity index (χ2n) is 0.986. The third-order valence-electron chi connectivity index (χ3n) is 0.580. The maximum absolute atomic E-state index is 10.5. The summed E-state index contributed by atoms with van der Waals surface area (Å²) in [4.78, 5) is 0. The van der Waals surface area contributed by atoms with Gasteiger partial charge in [0.25, 0.3) is 0 Å². The van der Waals surface area contributed by atoms with Crippen LogP contribution in [0.2, 0.25) is 0 Å². The van der Waals surface area contributed by atoms with Gasteiger partial charge in [-0.1, -0.05) is 0 Å². The van der Waals surface area contributed by atoms with E-state index in [1.165, 1.54) is 14.2 Å². The molecule has 1 atom stereocenters. The van der Waals surface area contributed by atoms with Crippen molar-refractivity contribution in [2.75, 3.05) is 14.2 Å². The first-order valence-electron chi connectivity index (χ1n) is 1.73. The Kier molecular flexibility index (Phi) is 2.28. The molecule has 0 bridgehead atoms. The van der Waals surface area contributed by atoms with Crippen LogP contribution in [0.25, 0.3) is 0 Å². The van der Waals surface area contributed by atoms with E-state index >= 15 is 0 Å². The summed E-state index contributed by atoms with van der Waals surface area (Å²) in [7, 11) is 0.458. The average molecular weight is 123 g/mol. The highest BCUT2D eigenvalue weighted by Crippen LogP contribution is 1.76. The molecule has 0 aromatic carbocycles. The van der Waals surface area contributed by atoms with E-state index in [2.05, 4.69) is 14.8 Å². The highest BCUT2D eigenvalue weighted by molar-refractivity contribution is 7.94. The molecule has 0 saturated carbocycles. The van der Waals surface area contributed by atoms with Gasteiger partial charge < -0.3 is 0 Å². The number of hydrogen-bond acceptors (Lipinski definition) is 2. The Balaban J connectivity index is 3.89. The van der Waals surface area contributed by atoms with Crippen molar-refractivity contribution in [2.24, 2.45) is 0 Å². The third kappa shape index (κ3) is 2.61. The predicted molar refractivity (Wildman–Crippen MR) is 31.3 cm³/mol. The lowest BCUT2D eigenvalue weighted by atomic mass is 11.6. The van der Waals surface area contributed by atoms with Crippen molar-refractivity contribution >= 4 is 15.9 Å². The average Bonchev–Trinajstić information content (AvgIpc) is 1.68. The molecule has 0 saturated heterocycles. The van der Waals surface area contributed by atoms with Crippen LogP contribution in [0, 0.1) is 0 Å². The minimum Gasteiger partial charge on any atom is -0.290 e. The Morgan fingerprint density at radius 1 is 1.86 bits per heavy atom. The van der Waals surface area contributed by atoms with E-state index in [1.807, 2.05) is 0 Å². The molecule has 1 N–H and O–H groups in total. The number of nitrogens with one attached hydrogen (secondary N) is 1. The van der Waals surface area contributed by atoms with E-state index < -0.39 is 9.99 Å². The van der Waals surface area contributed by atoms with Crippen molar-refractivity contribution in [1.82, 2.24) is 4.72 Å². The van der Waals surface area contributed by atoms with Gasteiger partial charge in [0.1, 0.15) is 9.99 Å². The first-order chi connectivity index (χ1) is 3.12. The molecule has 0 aliphatic carbocycles. The largest absolute Gasteiger partial charge is 0.290 e. The van der Waals surface area contributed by atoms with E-state index in [0.717, 1.165) is 0 Å². The summed E-state index contributed by atoms with van der Waals surface area (Å²) in [5, 5.41) is 0. The summed E-state index contributed by atoms with van der Waals surface area (Å²) in [5.74, 6) is 3.20. The Bertz CT molecular complexity index is 116. The highest BCUT2D eigenvalue weighted by Gasteiger charge is 1.89. The van der Waals surface area contributed by atoms with Crippen LogP contribution in [-0.2, 0) is 14.2 Å². The van der Waals surface area contributed by atoms with Crippen LogP contribution in [0.4, 0.5) is 0 Å². The fraction of sp³-hybridized carbons (Fsp3) is 0.667. The van der Waals surface area contributed by atoms with Gasteiger partial charge >= 0.3 is 0 Å². The van der Waals surface area contributed by atoms with Crippen LogP contribution in [0.1, 0.15) is 0 Å². The third-order valence-corrected chi connectivity index (χ3v) is 1.74. The van der Waals surface area contributed by atoms with Gasteiger partial charge in [0.2, 0.25) is 0 Å². The first-order valence-corrected chi connectivity index (χ1v) is 3.39. The van der Waals surface area contributed by atoms with Gasteiger partial charge in [0, 0.05) is 0 Å². The Morgan fingerprint density at radius 2 is 2.29 bits per heavy atom. The summed E-state index contributed by atoms with van der Waals surface area (Å²) < 4.78 is 17.3. The van der Waals surface area contributed by atoms with Crippen LogP contribution in [-0.4, -0.2) is 24.2 Å². The van der Waals surface area contributed by atoms with Gasteiger partial charge in [-0.05, 0) is 12.9 Å². The lowest BCUT2D eigenvalue weighted by Gasteiger charge is -2.00. The number of rotatable bonds is 2. The fourth-order valence-corrected chi connectivity index (χ4v) is 0.250. The molecule has 0 aliphatic rings. The molecule has 0 amide bonds. The van der Waals surface area contributed by atoms with Crippen LogP contribution in [0.15, 0.2) is 0 Å². The molecule has 0 fully saturated rings. The van der Waals surface area contributed by atoms with Gasteiger partial charge in [-0.25, -0.2) is 8.93 Å². The smallest absolute Gasteiger partial charge is 0.140 e. The molecule has 0 radical (unpaired) electrons. The van der Waals surface area contributed by atoms with E-state index in [0.29, 0.717) is 0 Å². The SMILES string of the molecule is C=S(=O)(NC)OC. The van der Waals surface area contributed by atoms with Crippen molar-refractivity contribution in [3.63, 3.8) is 0 Å². The molecule has 0 spiro atoms. The lowest BCUT2D eigenvalue weighted by molar-refractivity contribution is 0.436. The monoisotopic (exact) mass is 123 g/mol. The van der Waals surface area contributed by atoms with Crippen molar-refractivity contribution in [1.29, 1.82) is 0 Å². The van der Waals surface area contributed by atoms with Crippen LogP contribution in [0.5, 0.6) is 0 Å². The van der Waals surface area contributed by atoms with Crippen LogP contribution >= 0.6 is 0 Å². The fourth-order valence-electron chi connectivity index (χ4n) is 0.0833. The summed E-state index contributed by atoms with van der Waals surface area (Å²) in [6.07, 6.45) is 0. The zero-order chi connectivity index (χ0) is 5.91. The zero-order valence-corrected chi connectivity index (χ0v) is 5.25. The quantitative estimate of drug-likeness (QED) is 0.498. The second-order valence-corrected chi connectivity index (χ2v) is 2.96. The molecular formula is C3H9NO2S. The molecule has 0 aromatic heterocycles. The highest BCUT2D eigenvalue weighted by atomic mass is 32.2. The summed E-state index contributed by atoms with van der Waals surface area (Å²) >= 11 is 0. The van der Waals surface area contributed by atoms with Gasteiger partial charge in [-0.2, -0.15) is 0 Å². The molecule has 0 heterocycles. The van der Waals surface area contributed by atoms with Crippen molar-refractivity contribution < 1.29 is 8.39 Å². The standard InChI is InChI=1S/C3H9NO2S/c1-4-7(3,5)6-2/h3H2,1-2H3,(H,4,5). The Labute approximate surface area is 44.0 Å². The molecule has 4 heteroatoms. The zero-order valence-electron chi connectivity index (χ0n) is 4.43. The molecule has 44 valence electrons. The molecule has 0 rings (SSSR count). The van der Waals surface area contributed by atoms with Gasteiger partial charge in [0.15, 0.2) is 0 Å². The maximum atomic E-state index is 10.5. The summed E-state index contributed by atoms with van der Waals surface area (Å²) in [6.45, 7) is 0. The minimum atomic E-state index is -2.41. The molecule has 0 aromatic rings.